The van der Waals surface area contributed by atoms with E-state index in [2.05, 4.69) is 0 Å². The van der Waals surface area contributed by atoms with Crippen molar-refractivity contribution in [1.82, 2.24) is 4.31 Å². The zero-order valence-corrected chi connectivity index (χ0v) is 14.1. The largest absolute Gasteiger partial charge is 0.497 e. The van der Waals surface area contributed by atoms with Gasteiger partial charge in [0.2, 0.25) is 10.0 Å². The average molecular weight is 329 g/mol. The van der Waals surface area contributed by atoms with Gasteiger partial charge >= 0.3 is 0 Å². The highest BCUT2D eigenvalue weighted by Gasteiger charge is 2.28. The number of nitrogens with zero attached hydrogens (tertiary/aromatic N) is 1. The van der Waals surface area contributed by atoms with Crippen LogP contribution in [0.4, 0.5) is 0 Å². The minimum Gasteiger partial charge on any atom is -0.497 e. The molecule has 7 heteroatoms. The van der Waals surface area contributed by atoms with Gasteiger partial charge < -0.3 is 14.2 Å². The highest BCUT2D eigenvalue weighted by molar-refractivity contribution is 7.89. The van der Waals surface area contributed by atoms with Crippen molar-refractivity contribution in [3.63, 3.8) is 0 Å². The standard InChI is InChI=1S/C15H23NO5S/c1-16(11-12-6-8-21-9-7-12)22(17,18)15-10-13(19-2)4-5-14(15)20-3/h4-5,10,12H,6-9,11H2,1-3H3. The van der Waals surface area contributed by atoms with Gasteiger partial charge in [0.25, 0.3) is 0 Å². The van der Waals surface area contributed by atoms with Crippen molar-refractivity contribution in [3.8, 4) is 11.5 Å². The van der Waals surface area contributed by atoms with E-state index < -0.39 is 10.0 Å². The smallest absolute Gasteiger partial charge is 0.246 e. The fourth-order valence-electron chi connectivity index (χ4n) is 2.54. The Labute approximate surface area is 132 Å². The molecular weight excluding hydrogens is 306 g/mol. The number of sulfonamides is 1. The molecule has 1 fully saturated rings. The Hall–Kier alpha value is -1.31. The SMILES string of the molecule is COc1ccc(OC)c(S(=O)(=O)N(C)CC2CCOCC2)c1. The molecule has 0 aromatic heterocycles. The van der Waals surface area contributed by atoms with Crippen LogP contribution in [0.3, 0.4) is 0 Å². The van der Waals surface area contributed by atoms with E-state index in [1.54, 1.807) is 19.2 Å². The predicted molar refractivity (Wildman–Crippen MR) is 82.9 cm³/mol. The van der Waals surface area contributed by atoms with E-state index in [0.717, 1.165) is 12.8 Å². The molecule has 0 saturated carbocycles. The Morgan fingerprint density at radius 3 is 2.50 bits per heavy atom. The van der Waals surface area contributed by atoms with Crippen LogP contribution in [0.5, 0.6) is 11.5 Å². The first-order chi connectivity index (χ1) is 10.5. The van der Waals surface area contributed by atoms with E-state index in [0.29, 0.717) is 37.2 Å². The molecule has 2 rings (SSSR count). The summed E-state index contributed by atoms with van der Waals surface area (Å²) in [4.78, 5) is 0.129. The van der Waals surface area contributed by atoms with Crippen molar-refractivity contribution in [3.05, 3.63) is 18.2 Å². The summed E-state index contributed by atoms with van der Waals surface area (Å²) in [5.74, 6) is 1.13. The van der Waals surface area contributed by atoms with Gasteiger partial charge in [0.05, 0.1) is 14.2 Å². The van der Waals surface area contributed by atoms with Crippen molar-refractivity contribution >= 4 is 10.0 Å². The van der Waals surface area contributed by atoms with Gasteiger partial charge in [-0.2, -0.15) is 0 Å². The summed E-state index contributed by atoms with van der Waals surface area (Å²) in [5.41, 5.74) is 0. The van der Waals surface area contributed by atoms with Gasteiger partial charge in [0, 0.05) is 32.9 Å². The summed E-state index contributed by atoms with van der Waals surface area (Å²) in [5, 5.41) is 0. The van der Waals surface area contributed by atoms with E-state index in [1.165, 1.54) is 24.6 Å². The zero-order valence-electron chi connectivity index (χ0n) is 13.2. The summed E-state index contributed by atoms with van der Waals surface area (Å²) in [7, 11) is 0.936. The van der Waals surface area contributed by atoms with Crippen molar-refractivity contribution in [2.24, 2.45) is 5.92 Å². The van der Waals surface area contributed by atoms with Crippen LogP contribution < -0.4 is 9.47 Å². The van der Waals surface area contributed by atoms with E-state index >= 15 is 0 Å². The van der Waals surface area contributed by atoms with Crippen molar-refractivity contribution < 1.29 is 22.6 Å². The van der Waals surface area contributed by atoms with E-state index in [4.69, 9.17) is 14.2 Å². The number of ether oxygens (including phenoxy) is 3. The lowest BCUT2D eigenvalue weighted by molar-refractivity contribution is 0.0620. The first-order valence-electron chi connectivity index (χ1n) is 7.25. The maximum atomic E-state index is 12.8. The molecule has 1 aromatic rings. The third-order valence-corrected chi connectivity index (χ3v) is 5.76. The van der Waals surface area contributed by atoms with Crippen LogP contribution >= 0.6 is 0 Å². The molecule has 1 heterocycles. The van der Waals surface area contributed by atoms with Crippen LogP contribution in [0.25, 0.3) is 0 Å². The van der Waals surface area contributed by atoms with Crippen LogP contribution in [0, 0.1) is 5.92 Å². The fraction of sp³-hybridized carbons (Fsp3) is 0.600. The van der Waals surface area contributed by atoms with Gasteiger partial charge in [-0.05, 0) is 30.9 Å². The van der Waals surface area contributed by atoms with Gasteiger partial charge in [-0.15, -0.1) is 0 Å². The van der Waals surface area contributed by atoms with E-state index in [-0.39, 0.29) is 4.90 Å². The second kappa shape index (κ2) is 7.30. The Bertz CT molecular complexity index is 596. The molecule has 1 saturated heterocycles. The lowest BCUT2D eigenvalue weighted by Crippen LogP contribution is -2.34. The topological polar surface area (TPSA) is 65.1 Å². The number of benzene rings is 1. The molecule has 1 aromatic carbocycles. The molecule has 0 unspecified atom stereocenters. The maximum Gasteiger partial charge on any atom is 0.246 e. The molecule has 0 N–H and O–H groups in total. The van der Waals surface area contributed by atoms with Crippen molar-refractivity contribution in [2.45, 2.75) is 17.7 Å². The number of hydrogen-bond acceptors (Lipinski definition) is 5. The highest BCUT2D eigenvalue weighted by atomic mass is 32.2. The number of rotatable bonds is 6. The minimum atomic E-state index is -3.63. The Balaban J connectivity index is 2.24. The summed E-state index contributed by atoms with van der Waals surface area (Å²) in [6, 6.07) is 4.78. The maximum absolute atomic E-state index is 12.8. The minimum absolute atomic E-state index is 0.129. The number of methoxy groups -OCH3 is 2. The van der Waals surface area contributed by atoms with Crippen LogP contribution in [0.1, 0.15) is 12.8 Å². The Kier molecular flexibility index (Phi) is 5.66. The quantitative estimate of drug-likeness (QED) is 0.795. The number of hydrogen-bond donors (Lipinski definition) is 0. The van der Waals surface area contributed by atoms with Gasteiger partial charge in [-0.25, -0.2) is 12.7 Å². The second-order valence-electron chi connectivity index (χ2n) is 5.36. The summed E-state index contributed by atoms with van der Waals surface area (Å²) >= 11 is 0. The fourth-order valence-corrected chi connectivity index (χ4v) is 3.96. The van der Waals surface area contributed by atoms with Crippen LogP contribution in [-0.2, 0) is 14.8 Å². The molecule has 0 amide bonds. The third-order valence-electron chi connectivity index (χ3n) is 3.92. The Morgan fingerprint density at radius 2 is 1.91 bits per heavy atom. The normalized spacial score (nSPS) is 16.7. The lowest BCUT2D eigenvalue weighted by atomic mass is 10.0. The van der Waals surface area contributed by atoms with E-state index in [1.807, 2.05) is 0 Å². The van der Waals surface area contributed by atoms with Crippen molar-refractivity contribution in [1.29, 1.82) is 0 Å². The first-order valence-corrected chi connectivity index (χ1v) is 8.69. The molecular formula is C15H23NO5S. The molecule has 6 nitrogen and oxygen atoms in total. The van der Waals surface area contributed by atoms with Gasteiger partial charge in [0.1, 0.15) is 16.4 Å². The molecule has 0 aliphatic carbocycles. The monoisotopic (exact) mass is 329 g/mol. The lowest BCUT2D eigenvalue weighted by Gasteiger charge is -2.27. The predicted octanol–water partition coefficient (Wildman–Crippen LogP) is 1.75. The van der Waals surface area contributed by atoms with Gasteiger partial charge in [-0.1, -0.05) is 0 Å². The van der Waals surface area contributed by atoms with Crippen LogP contribution in [0.15, 0.2) is 23.1 Å². The first kappa shape index (κ1) is 17.1. The van der Waals surface area contributed by atoms with Crippen LogP contribution in [-0.4, -0.2) is 53.7 Å². The molecule has 0 radical (unpaired) electrons. The zero-order chi connectivity index (χ0) is 16.2. The summed E-state index contributed by atoms with van der Waals surface area (Å²) in [6.45, 7) is 1.87. The van der Waals surface area contributed by atoms with Crippen LogP contribution in [0.2, 0.25) is 0 Å². The third kappa shape index (κ3) is 3.71. The van der Waals surface area contributed by atoms with E-state index in [9.17, 15) is 8.42 Å². The molecule has 0 atom stereocenters. The molecule has 124 valence electrons. The highest BCUT2D eigenvalue weighted by Crippen LogP contribution is 2.31. The van der Waals surface area contributed by atoms with Gasteiger partial charge in [0.15, 0.2) is 0 Å². The summed E-state index contributed by atoms with van der Waals surface area (Å²) in [6.07, 6.45) is 1.77. The molecule has 0 spiro atoms. The molecule has 0 bridgehead atoms. The molecule has 1 aliphatic rings. The average Bonchev–Trinajstić information content (AvgIpc) is 2.55. The second-order valence-corrected chi connectivity index (χ2v) is 7.37. The van der Waals surface area contributed by atoms with Gasteiger partial charge in [-0.3, -0.25) is 0 Å². The Morgan fingerprint density at radius 1 is 1.23 bits per heavy atom. The molecule has 1 aliphatic heterocycles. The molecule has 22 heavy (non-hydrogen) atoms. The summed E-state index contributed by atoms with van der Waals surface area (Å²) < 4.78 is 42.6. The van der Waals surface area contributed by atoms with Crippen molar-refractivity contribution in [2.75, 3.05) is 41.0 Å².